The van der Waals surface area contributed by atoms with Crippen molar-refractivity contribution in [3.8, 4) is 0 Å². The van der Waals surface area contributed by atoms with Gasteiger partial charge in [0.15, 0.2) is 0 Å². The molecule has 1 aromatic carbocycles. The Morgan fingerprint density at radius 3 is 2.25 bits per heavy atom. The second-order valence-corrected chi connectivity index (χ2v) is 3.83. The van der Waals surface area contributed by atoms with Crippen LogP contribution in [0.4, 0.5) is 0 Å². The van der Waals surface area contributed by atoms with Crippen molar-refractivity contribution in [2.75, 3.05) is 0 Å². The van der Waals surface area contributed by atoms with Crippen molar-refractivity contribution in [2.45, 2.75) is 26.3 Å². The summed E-state index contributed by atoms with van der Waals surface area (Å²) >= 11 is 0. The van der Waals surface area contributed by atoms with E-state index >= 15 is 0 Å². The minimum Gasteiger partial charge on any atom is -0.274 e. The van der Waals surface area contributed by atoms with Gasteiger partial charge >= 0.3 is 0 Å². The Balaban J connectivity index is 2.38. The van der Waals surface area contributed by atoms with Gasteiger partial charge in [0.1, 0.15) is 0 Å². The van der Waals surface area contributed by atoms with E-state index in [0.29, 0.717) is 0 Å². The Labute approximate surface area is 73.1 Å². The molecule has 0 N–H and O–H groups in total. The summed E-state index contributed by atoms with van der Waals surface area (Å²) in [7, 11) is 0. The van der Waals surface area contributed by atoms with E-state index in [1.54, 1.807) is 0 Å². The summed E-state index contributed by atoms with van der Waals surface area (Å²) in [5.41, 5.74) is 3.98. The molecule has 0 unspecified atom stereocenters. The molecule has 0 bridgehead atoms. The van der Waals surface area contributed by atoms with E-state index in [2.05, 4.69) is 50.0 Å². The van der Waals surface area contributed by atoms with Crippen molar-refractivity contribution in [3.05, 3.63) is 35.4 Å². The Hall–Kier alpha value is -1.11. The number of aliphatic imine (C=N–C) groups is 1. The highest BCUT2D eigenvalue weighted by atomic mass is 15.0. The molecule has 0 aliphatic carbocycles. The molecule has 1 aromatic rings. The molecule has 0 saturated carbocycles. The minimum atomic E-state index is 0.103. The van der Waals surface area contributed by atoms with Gasteiger partial charge in [-0.05, 0) is 26.3 Å². The molecule has 1 aliphatic rings. The van der Waals surface area contributed by atoms with E-state index in [9.17, 15) is 0 Å². The molecule has 0 fully saturated rings. The molecule has 1 nitrogen and oxygen atoms in total. The van der Waals surface area contributed by atoms with Crippen LogP contribution in [0.2, 0.25) is 0 Å². The van der Waals surface area contributed by atoms with Gasteiger partial charge in [-0.3, -0.25) is 4.99 Å². The van der Waals surface area contributed by atoms with Gasteiger partial charge < -0.3 is 0 Å². The minimum absolute atomic E-state index is 0.103. The largest absolute Gasteiger partial charge is 0.274 e. The maximum atomic E-state index is 4.43. The first kappa shape index (κ1) is 7.53. The summed E-state index contributed by atoms with van der Waals surface area (Å²) in [6, 6.07) is 8.41. The number of aryl methyl sites for hydroxylation is 1. The third kappa shape index (κ3) is 1.06. The van der Waals surface area contributed by atoms with E-state index in [4.69, 9.17) is 0 Å². The average molecular weight is 159 g/mol. The Kier molecular flexibility index (Phi) is 1.38. The van der Waals surface area contributed by atoms with Crippen LogP contribution in [0.3, 0.4) is 0 Å². The Bertz CT molecular complexity index is 348. The Morgan fingerprint density at radius 1 is 1.17 bits per heavy atom. The first-order valence-corrected chi connectivity index (χ1v) is 4.27. The summed E-state index contributed by atoms with van der Waals surface area (Å²) in [4.78, 5) is 4.43. The van der Waals surface area contributed by atoms with Crippen LogP contribution in [0, 0.1) is 6.92 Å². The van der Waals surface area contributed by atoms with Crippen LogP contribution >= 0.6 is 0 Å². The average Bonchev–Trinajstić information content (AvgIpc) is 2.61. The molecule has 62 valence electrons. The fraction of sp³-hybridized carbons (Fsp3) is 0.364. The van der Waals surface area contributed by atoms with E-state index in [1.807, 2.05) is 0 Å². The van der Waals surface area contributed by atoms with E-state index in [1.165, 1.54) is 16.8 Å². The lowest BCUT2D eigenvalue weighted by molar-refractivity contribution is 0.825. The van der Waals surface area contributed by atoms with E-state index < -0.39 is 0 Å². The zero-order chi connectivity index (χ0) is 8.77. The fourth-order valence-corrected chi connectivity index (χ4v) is 1.48. The lowest BCUT2D eigenvalue weighted by atomic mass is 9.99. The standard InChI is InChI=1S/C11H13N/c1-8-6-4-5-7-9(8)10-11(2,3)12-10/h4-7H,1-3H3. The zero-order valence-corrected chi connectivity index (χ0v) is 7.76. The first-order valence-electron chi connectivity index (χ1n) is 4.27. The molecule has 0 radical (unpaired) electrons. The van der Waals surface area contributed by atoms with Gasteiger partial charge in [-0.2, -0.15) is 0 Å². The lowest BCUT2D eigenvalue weighted by Crippen LogP contribution is -2.09. The Morgan fingerprint density at radius 2 is 1.75 bits per heavy atom. The summed E-state index contributed by atoms with van der Waals surface area (Å²) in [5.74, 6) is 0. The molecule has 0 amide bonds. The fourth-order valence-electron chi connectivity index (χ4n) is 1.48. The topological polar surface area (TPSA) is 12.4 Å². The number of nitrogens with zero attached hydrogens (tertiary/aromatic N) is 1. The molecular formula is C11H13N. The second-order valence-electron chi connectivity index (χ2n) is 3.83. The van der Waals surface area contributed by atoms with Crippen molar-refractivity contribution in [1.82, 2.24) is 0 Å². The van der Waals surface area contributed by atoms with Crippen LogP contribution in [0.5, 0.6) is 0 Å². The van der Waals surface area contributed by atoms with Crippen LogP contribution < -0.4 is 0 Å². The highest BCUT2D eigenvalue weighted by molar-refractivity contribution is 6.17. The van der Waals surface area contributed by atoms with Crippen LogP contribution in [-0.2, 0) is 0 Å². The molecule has 2 rings (SSSR count). The normalized spacial score (nSPS) is 18.8. The predicted octanol–water partition coefficient (Wildman–Crippen LogP) is 2.58. The first-order chi connectivity index (χ1) is 5.61. The quantitative estimate of drug-likeness (QED) is 0.597. The van der Waals surface area contributed by atoms with Gasteiger partial charge in [-0.25, -0.2) is 0 Å². The molecule has 12 heavy (non-hydrogen) atoms. The second kappa shape index (κ2) is 2.19. The van der Waals surface area contributed by atoms with Gasteiger partial charge in [0.2, 0.25) is 0 Å². The molecule has 0 spiro atoms. The SMILES string of the molecule is Cc1ccccc1C1=NC1(C)C. The molecule has 0 aromatic heterocycles. The highest BCUT2D eigenvalue weighted by Gasteiger charge is 2.38. The smallest absolute Gasteiger partial charge is 0.0976 e. The number of benzene rings is 1. The van der Waals surface area contributed by atoms with Crippen molar-refractivity contribution in [2.24, 2.45) is 4.99 Å². The van der Waals surface area contributed by atoms with E-state index in [-0.39, 0.29) is 5.54 Å². The van der Waals surface area contributed by atoms with Crippen LogP contribution in [0.25, 0.3) is 0 Å². The molecule has 1 aliphatic heterocycles. The number of rotatable bonds is 1. The van der Waals surface area contributed by atoms with Gasteiger partial charge in [0.25, 0.3) is 0 Å². The molecular weight excluding hydrogens is 146 g/mol. The number of hydrogen-bond donors (Lipinski definition) is 0. The highest BCUT2D eigenvalue weighted by Crippen LogP contribution is 2.32. The maximum Gasteiger partial charge on any atom is 0.0976 e. The third-order valence-electron chi connectivity index (χ3n) is 2.32. The van der Waals surface area contributed by atoms with Crippen molar-refractivity contribution >= 4 is 5.71 Å². The van der Waals surface area contributed by atoms with Crippen LogP contribution in [0.15, 0.2) is 29.3 Å². The van der Waals surface area contributed by atoms with Gasteiger partial charge in [0, 0.05) is 5.56 Å². The molecule has 0 atom stereocenters. The van der Waals surface area contributed by atoms with Crippen molar-refractivity contribution < 1.29 is 0 Å². The van der Waals surface area contributed by atoms with Crippen LogP contribution in [0.1, 0.15) is 25.0 Å². The summed E-state index contributed by atoms with van der Waals surface area (Å²) in [5, 5.41) is 0. The van der Waals surface area contributed by atoms with Gasteiger partial charge in [-0.15, -0.1) is 0 Å². The lowest BCUT2D eigenvalue weighted by Gasteiger charge is -2.02. The summed E-state index contributed by atoms with van der Waals surface area (Å²) < 4.78 is 0. The molecule has 1 heteroatoms. The van der Waals surface area contributed by atoms with Gasteiger partial charge in [-0.1, -0.05) is 24.3 Å². The third-order valence-corrected chi connectivity index (χ3v) is 2.32. The molecule has 1 heterocycles. The van der Waals surface area contributed by atoms with Gasteiger partial charge in [0.05, 0.1) is 11.3 Å². The summed E-state index contributed by atoms with van der Waals surface area (Å²) in [6.45, 7) is 6.43. The van der Waals surface area contributed by atoms with Crippen molar-refractivity contribution in [3.63, 3.8) is 0 Å². The van der Waals surface area contributed by atoms with Crippen molar-refractivity contribution in [1.29, 1.82) is 0 Å². The van der Waals surface area contributed by atoms with E-state index in [0.717, 1.165) is 0 Å². The number of hydrogen-bond acceptors (Lipinski definition) is 1. The zero-order valence-electron chi connectivity index (χ0n) is 7.76. The van der Waals surface area contributed by atoms with Crippen LogP contribution in [-0.4, -0.2) is 11.3 Å². The summed E-state index contributed by atoms with van der Waals surface area (Å²) in [6.07, 6.45) is 0. The monoisotopic (exact) mass is 159 g/mol. The molecule has 0 saturated heterocycles. The maximum absolute atomic E-state index is 4.43. The predicted molar refractivity (Wildman–Crippen MR) is 51.8 cm³/mol.